The minimum absolute atomic E-state index is 0.147. The van der Waals surface area contributed by atoms with Gasteiger partial charge in [-0.1, -0.05) is 18.2 Å². The number of para-hydroxylation sites is 1. The van der Waals surface area contributed by atoms with Crippen LogP contribution < -0.4 is 4.72 Å². The molecular weight excluding hydrogens is 382 g/mol. The second-order valence-electron chi connectivity index (χ2n) is 6.04. The molecule has 9 heteroatoms. The third-order valence-electron chi connectivity index (χ3n) is 4.18. The molecule has 3 heterocycles. The quantitative estimate of drug-likeness (QED) is 0.538. The fourth-order valence-electron chi connectivity index (χ4n) is 2.82. The van der Waals surface area contributed by atoms with Gasteiger partial charge in [0.05, 0.1) is 28.6 Å². The van der Waals surface area contributed by atoms with Crippen molar-refractivity contribution in [1.29, 1.82) is 0 Å². The van der Waals surface area contributed by atoms with Crippen molar-refractivity contribution in [3.63, 3.8) is 0 Å². The lowest BCUT2D eigenvalue weighted by Crippen LogP contribution is -2.13. The SMILES string of the molecule is Cc1ncsc1CCn1cc(NS(=O)(=O)c2cccc3cccnc23)cn1. The molecule has 0 saturated carbocycles. The minimum atomic E-state index is -3.77. The predicted octanol–water partition coefficient (Wildman–Crippen LogP) is 3.24. The number of pyridine rings is 1. The van der Waals surface area contributed by atoms with E-state index in [-0.39, 0.29) is 4.90 Å². The van der Waals surface area contributed by atoms with E-state index in [1.54, 1.807) is 46.6 Å². The summed E-state index contributed by atoms with van der Waals surface area (Å²) in [7, 11) is -3.77. The summed E-state index contributed by atoms with van der Waals surface area (Å²) in [5, 5.41) is 5.02. The zero-order chi connectivity index (χ0) is 18.9. The van der Waals surface area contributed by atoms with Crippen molar-refractivity contribution < 1.29 is 8.42 Å². The molecule has 4 rings (SSSR count). The standard InChI is InChI=1S/C18H17N5O2S2/c1-13-16(26-12-20-13)7-9-23-11-15(10-21-23)22-27(24,25)17-6-2-4-14-5-3-8-19-18(14)17/h2-6,8,10-12,22H,7,9H2,1H3. The van der Waals surface area contributed by atoms with Crippen molar-refractivity contribution >= 4 is 38.0 Å². The van der Waals surface area contributed by atoms with Crippen molar-refractivity contribution in [1.82, 2.24) is 19.7 Å². The van der Waals surface area contributed by atoms with E-state index in [2.05, 4.69) is 19.8 Å². The first-order valence-electron chi connectivity index (χ1n) is 8.31. The van der Waals surface area contributed by atoms with Crippen molar-refractivity contribution in [2.45, 2.75) is 24.8 Å². The van der Waals surface area contributed by atoms with Crippen LogP contribution in [0.2, 0.25) is 0 Å². The second kappa shape index (κ2) is 7.09. The second-order valence-corrected chi connectivity index (χ2v) is 8.63. The molecule has 7 nitrogen and oxygen atoms in total. The van der Waals surface area contributed by atoms with Crippen LogP contribution in [0, 0.1) is 6.92 Å². The maximum Gasteiger partial charge on any atom is 0.264 e. The van der Waals surface area contributed by atoms with Crippen LogP contribution in [0.15, 0.2) is 59.3 Å². The average Bonchev–Trinajstić information content (AvgIpc) is 3.27. The molecule has 1 aromatic carbocycles. The zero-order valence-electron chi connectivity index (χ0n) is 14.5. The van der Waals surface area contributed by atoms with Crippen LogP contribution in [0.4, 0.5) is 5.69 Å². The summed E-state index contributed by atoms with van der Waals surface area (Å²) in [5.74, 6) is 0. The summed E-state index contributed by atoms with van der Waals surface area (Å²) < 4.78 is 30.0. The van der Waals surface area contributed by atoms with Gasteiger partial charge in [0.2, 0.25) is 0 Å². The summed E-state index contributed by atoms with van der Waals surface area (Å²) in [6.45, 7) is 2.63. The highest BCUT2D eigenvalue weighted by Gasteiger charge is 2.19. The fourth-order valence-corrected chi connectivity index (χ4v) is 4.80. The summed E-state index contributed by atoms with van der Waals surface area (Å²) in [4.78, 5) is 9.80. The molecule has 0 saturated heterocycles. The van der Waals surface area contributed by atoms with E-state index in [1.807, 2.05) is 24.6 Å². The average molecular weight is 400 g/mol. The van der Waals surface area contributed by atoms with E-state index < -0.39 is 10.0 Å². The molecule has 0 aliphatic heterocycles. The number of nitrogens with zero attached hydrogens (tertiary/aromatic N) is 4. The molecule has 0 spiro atoms. The van der Waals surface area contributed by atoms with Crippen molar-refractivity contribution in [3.8, 4) is 0 Å². The molecule has 3 aromatic heterocycles. The van der Waals surface area contributed by atoms with E-state index in [9.17, 15) is 8.42 Å². The van der Waals surface area contributed by atoms with Gasteiger partial charge in [0.15, 0.2) is 0 Å². The van der Waals surface area contributed by atoms with Gasteiger partial charge in [0.1, 0.15) is 4.90 Å². The third kappa shape index (κ3) is 3.69. The zero-order valence-corrected chi connectivity index (χ0v) is 16.2. The van der Waals surface area contributed by atoms with Crippen LogP contribution in [0.25, 0.3) is 10.9 Å². The Bertz CT molecular complexity index is 1190. The number of nitrogens with one attached hydrogen (secondary N) is 1. The van der Waals surface area contributed by atoms with Gasteiger partial charge in [-0.15, -0.1) is 11.3 Å². The third-order valence-corrected chi connectivity index (χ3v) is 6.59. The highest BCUT2D eigenvalue weighted by molar-refractivity contribution is 7.93. The topological polar surface area (TPSA) is 89.8 Å². The number of anilines is 1. The van der Waals surface area contributed by atoms with Gasteiger partial charge in [-0.3, -0.25) is 14.4 Å². The van der Waals surface area contributed by atoms with Crippen LogP contribution in [0.3, 0.4) is 0 Å². The Morgan fingerprint density at radius 3 is 2.85 bits per heavy atom. The van der Waals surface area contributed by atoms with Crippen molar-refractivity contribution in [2.75, 3.05) is 4.72 Å². The van der Waals surface area contributed by atoms with Gasteiger partial charge in [-0.2, -0.15) is 5.10 Å². The number of aryl methyl sites for hydroxylation is 3. The van der Waals surface area contributed by atoms with Crippen LogP contribution >= 0.6 is 11.3 Å². The molecule has 0 radical (unpaired) electrons. The van der Waals surface area contributed by atoms with E-state index in [1.165, 1.54) is 11.1 Å². The molecule has 0 fully saturated rings. The number of thiazole rings is 1. The number of rotatable bonds is 6. The lowest BCUT2D eigenvalue weighted by Gasteiger charge is -2.08. The number of hydrogen-bond acceptors (Lipinski definition) is 6. The summed E-state index contributed by atoms with van der Waals surface area (Å²) in [5.41, 5.74) is 3.71. The Morgan fingerprint density at radius 2 is 2.04 bits per heavy atom. The maximum absolute atomic E-state index is 12.8. The van der Waals surface area contributed by atoms with Gasteiger partial charge in [0.25, 0.3) is 10.0 Å². The Morgan fingerprint density at radius 1 is 1.19 bits per heavy atom. The highest BCUT2D eigenvalue weighted by Crippen LogP contribution is 2.23. The van der Waals surface area contributed by atoms with E-state index in [0.29, 0.717) is 17.7 Å². The number of aromatic nitrogens is 4. The van der Waals surface area contributed by atoms with Crippen LogP contribution in [-0.4, -0.2) is 28.2 Å². The number of sulfonamides is 1. The maximum atomic E-state index is 12.8. The number of fused-ring (bicyclic) bond motifs is 1. The first kappa shape index (κ1) is 17.6. The molecule has 4 aromatic rings. The largest absolute Gasteiger partial charge is 0.276 e. The first-order chi connectivity index (χ1) is 13.0. The van der Waals surface area contributed by atoms with Crippen molar-refractivity contribution in [3.05, 3.63) is 65.0 Å². The van der Waals surface area contributed by atoms with Gasteiger partial charge in [0, 0.05) is 35.6 Å². The Hall–Kier alpha value is -2.78. The fraction of sp³-hybridized carbons (Fsp3) is 0.167. The molecule has 27 heavy (non-hydrogen) atoms. The lowest BCUT2D eigenvalue weighted by molar-refractivity contribution is 0.601. The molecule has 138 valence electrons. The van der Waals surface area contributed by atoms with Gasteiger partial charge in [-0.05, 0) is 19.1 Å². The molecule has 0 atom stereocenters. The normalized spacial score (nSPS) is 11.7. The lowest BCUT2D eigenvalue weighted by atomic mass is 10.2. The van der Waals surface area contributed by atoms with Gasteiger partial charge < -0.3 is 0 Å². The predicted molar refractivity (Wildman–Crippen MR) is 105 cm³/mol. The number of benzene rings is 1. The van der Waals surface area contributed by atoms with Crippen molar-refractivity contribution in [2.24, 2.45) is 0 Å². The van der Waals surface area contributed by atoms with Gasteiger partial charge in [-0.25, -0.2) is 13.4 Å². The molecule has 1 N–H and O–H groups in total. The minimum Gasteiger partial charge on any atom is -0.276 e. The van der Waals surface area contributed by atoms with E-state index >= 15 is 0 Å². The summed E-state index contributed by atoms with van der Waals surface area (Å²) in [6, 6.07) is 8.71. The Balaban J connectivity index is 1.53. The highest BCUT2D eigenvalue weighted by atomic mass is 32.2. The van der Waals surface area contributed by atoms with E-state index in [0.717, 1.165) is 17.5 Å². The Labute approximate surface area is 160 Å². The summed E-state index contributed by atoms with van der Waals surface area (Å²) >= 11 is 1.61. The number of hydrogen-bond donors (Lipinski definition) is 1. The molecule has 0 unspecified atom stereocenters. The molecule has 0 aliphatic carbocycles. The van der Waals surface area contributed by atoms with Crippen LogP contribution in [-0.2, 0) is 23.0 Å². The molecular formula is C18H17N5O2S2. The Kier molecular flexibility index (Phi) is 4.63. The molecule has 0 aliphatic rings. The van der Waals surface area contributed by atoms with Crippen LogP contribution in [0.1, 0.15) is 10.6 Å². The molecule has 0 bridgehead atoms. The monoisotopic (exact) mass is 399 g/mol. The van der Waals surface area contributed by atoms with Gasteiger partial charge >= 0.3 is 0 Å². The van der Waals surface area contributed by atoms with E-state index in [4.69, 9.17) is 0 Å². The summed E-state index contributed by atoms with van der Waals surface area (Å²) in [6.07, 6.45) is 5.58. The van der Waals surface area contributed by atoms with Crippen LogP contribution in [0.5, 0.6) is 0 Å². The smallest absolute Gasteiger partial charge is 0.264 e. The molecule has 0 amide bonds. The first-order valence-corrected chi connectivity index (χ1v) is 10.7.